The van der Waals surface area contributed by atoms with Crippen LogP contribution in [-0.4, -0.2) is 31.7 Å². The van der Waals surface area contributed by atoms with Crippen molar-refractivity contribution in [2.24, 2.45) is 0 Å². The second-order valence-electron chi connectivity index (χ2n) is 7.38. The number of hydrogen-bond acceptors (Lipinski definition) is 1. The van der Waals surface area contributed by atoms with Crippen LogP contribution in [0.2, 0.25) is 5.02 Å². The smallest absolute Gasteiger partial charge is 0.0817 e. The first-order valence-electron chi connectivity index (χ1n) is 9.09. The SMILES string of the molecule is CCCC[N+](C)(C)CCC=C1c2ccccc2Sc2ccc(Cl)cc21.[I-]. The van der Waals surface area contributed by atoms with Crippen LogP contribution in [-0.2, 0) is 0 Å². The van der Waals surface area contributed by atoms with Gasteiger partial charge in [0.1, 0.15) is 0 Å². The Morgan fingerprint density at radius 2 is 1.73 bits per heavy atom. The first-order chi connectivity index (χ1) is 12.0. The zero-order valence-electron chi connectivity index (χ0n) is 15.8. The molecule has 0 spiro atoms. The molecule has 0 N–H and O–H groups in total. The highest BCUT2D eigenvalue weighted by Crippen LogP contribution is 2.46. The lowest BCUT2D eigenvalue weighted by atomic mass is 9.96. The van der Waals surface area contributed by atoms with Crippen molar-refractivity contribution >= 4 is 28.9 Å². The fourth-order valence-corrected chi connectivity index (χ4v) is 4.58. The monoisotopic (exact) mass is 499 g/mol. The average molecular weight is 500 g/mol. The molecule has 0 radical (unpaired) electrons. The molecule has 1 nitrogen and oxygen atoms in total. The molecule has 0 fully saturated rings. The minimum Gasteiger partial charge on any atom is -1.00 e. The van der Waals surface area contributed by atoms with Crippen LogP contribution in [0.5, 0.6) is 0 Å². The number of rotatable bonds is 6. The molecule has 1 heterocycles. The van der Waals surface area contributed by atoms with Crippen molar-refractivity contribution in [3.05, 3.63) is 64.7 Å². The van der Waals surface area contributed by atoms with Gasteiger partial charge < -0.3 is 28.5 Å². The average Bonchev–Trinajstić information content (AvgIpc) is 2.60. The summed E-state index contributed by atoms with van der Waals surface area (Å²) in [6, 6.07) is 14.9. The normalized spacial score (nSPS) is 14.5. The van der Waals surface area contributed by atoms with Crippen LogP contribution in [0, 0.1) is 0 Å². The Hall–Kier alpha value is -0.490. The minimum absolute atomic E-state index is 0. The summed E-state index contributed by atoms with van der Waals surface area (Å²) in [6.07, 6.45) is 6.05. The maximum absolute atomic E-state index is 6.29. The van der Waals surface area contributed by atoms with Gasteiger partial charge in [-0.25, -0.2) is 0 Å². The molecule has 140 valence electrons. The van der Waals surface area contributed by atoms with E-state index in [-0.39, 0.29) is 24.0 Å². The number of benzene rings is 2. The van der Waals surface area contributed by atoms with Crippen molar-refractivity contribution in [2.75, 3.05) is 27.2 Å². The predicted molar refractivity (Wildman–Crippen MR) is 110 cm³/mol. The van der Waals surface area contributed by atoms with E-state index in [2.05, 4.69) is 63.5 Å². The number of fused-ring (bicyclic) bond motifs is 2. The lowest BCUT2D eigenvalue weighted by Gasteiger charge is -2.29. The van der Waals surface area contributed by atoms with Gasteiger partial charge in [0.25, 0.3) is 0 Å². The molecule has 4 heteroatoms. The summed E-state index contributed by atoms with van der Waals surface area (Å²) >= 11 is 8.13. The summed E-state index contributed by atoms with van der Waals surface area (Å²) in [6.45, 7) is 4.67. The molecule has 0 saturated heterocycles. The molecule has 1 aliphatic rings. The Balaban J connectivity index is 0.00000243. The molecule has 1 aliphatic heterocycles. The molecule has 0 saturated carbocycles. The fraction of sp³-hybridized carbons (Fsp3) is 0.364. The fourth-order valence-electron chi connectivity index (χ4n) is 3.32. The summed E-state index contributed by atoms with van der Waals surface area (Å²) < 4.78 is 1.08. The van der Waals surface area contributed by atoms with Gasteiger partial charge in [-0.1, -0.05) is 61.0 Å². The van der Waals surface area contributed by atoms with E-state index in [4.69, 9.17) is 11.6 Å². The van der Waals surface area contributed by atoms with Crippen LogP contribution in [0.1, 0.15) is 37.3 Å². The van der Waals surface area contributed by atoms with E-state index in [0.717, 1.165) is 22.5 Å². The third kappa shape index (κ3) is 5.28. The molecule has 2 aromatic carbocycles. The van der Waals surface area contributed by atoms with Gasteiger partial charge in [-0.05, 0) is 47.4 Å². The van der Waals surface area contributed by atoms with Crippen LogP contribution < -0.4 is 24.0 Å². The molecular weight excluding hydrogens is 473 g/mol. The molecule has 0 unspecified atom stereocenters. The summed E-state index contributed by atoms with van der Waals surface area (Å²) in [4.78, 5) is 2.64. The third-order valence-corrected chi connectivity index (χ3v) is 6.22. The van der Waals surface area contributed by atoms with Crippen molar-refractivity contribution in [3.63, 3.8) is 0 Å². The molecule has 3 rings (SSSR count). The standard InChI is InChI=1S/C22H27ClNS.HI/c1-4-5-14-24(2,3)15-8-10-18-19-9-6-7-11-21(19)25-22-13-12-17(23)16-20(18)22;/h6-7,9-13,16H,4-5,8,14-15H2,1-3H3;1H/q+1;/p-1. The van der Waals surface area contributed by atoms with Crippen LogP contribution in [0.3, 0.4) is 0 Å². The zero-order chi connectivity index (χ0) is 17.9. The van der Waals surface area contributed by atoms with Crippen molar-refractivity contribution in [1.29, 1.82) is 0 Å². The Labute approximate surface area is 184 Å². The second-order valence-corrected chi connectivity index (χ2v) is 8.90. The molecule has 2 aromatic rings. The maximum Gasteiger partial charge on any atom is 0.0817 e. The zero-order valence-corrected chi connectivity index (χ0v) is 19.5. The highest BCUT2D eigenvalue weighted by atomic mass is 127. The largest absolute Gasteiger partial charge is 1.00 e. The second kappa shape index (κ2) is 9.63. The van der Waals surface area contributed by atoms with Crippen LogP contribution in [0.25, 0.3) is 5.57 Å². The summed E-state index contributed by atoms with van der Waals surface area (Å²) in [5, 5.41) is 0.809. The summed E-state index contributed by atoms with van der Waals surface area (Å²) in [7, 11) is 4.67. The first-order valence-corrected chi connectivity index (χ1v) is 10.3. The molecular formula is C22H27ClINS. The predicted octanol–water partition coefficient (Wildman–Crippen LogP) is 3.51. The van der Waals surface area contributed by atoms with Crippen LogP contribution >= 0.6 is 23.4 Å². The van der Waals surface area contributed by atoms with Crippen LogP contribution in [0.4, 0.5) is 0 Å². The van der Waals surface area contributed by atoms with Gasteiger partial charge in [0, 0.05) is 21.2 Å². The van der Waals surface area contributed by atoms with Crippen molar-refractivity contribution in [1.82, 2.24) is 0 Å². The van der Waals surface area contributed by atoms with Gasteiger partial charge >= 0.3 is 0 Å². The molecule has 0 atom stereocenters. The third-order valence-electron chi connectivity index (χ3n) is 4.83. The molecule has 26 heavy (non-hydrogen) atoms. The number of halogens is 2. The summed E-state index contributed by atoms with van der Waals surface area (Å²) in [5.74, 6) is 0. The van der Waals surface area contributed by atoms with Crippen LogP contribution in [0.15, 0.2) is 58.3 Å². The van der Waals surface area contributed by atoms with Crippen molar-refractivity contribution < 1.29 is 28.5 Å². The Morgan fingerprint density at radius 3 is 2.50 bits per heavy atom. The van der Waals surface area contributed by atoms with Gasteiger partial charge in [0.15, 0.2) is 0 Å². The Kier molecular flexibility index (Phi) is 8.08. The van der Waals surface area contributed by atoms with Crippen molar-refractivity contribution in [2.45, 2.75) is 36.0 Å². The van der Waals surface area contributed by atoms with E-state index >= 15 is 0 Å². The Bertz CT molecular complexity index is 785. The molecule has 0 aromatic heterocycles. The highest BCUT2D eigenvalue weighted by molar-refractivity contribution is 7.99. The maximum atomic E-state index is 6.29. The first kappa shape index (κ1) is 21.8. The van der Waals surface area contributed by atoms with Gasteiger partial charge in [0.05, 0.1) is 27.2 Å². The van der Waals surface area contributed by atoms with Gasteiger partial charge in [-0.3, -0.25) is 0 Å². The quantitative estimate of drug-likeness (QED) is 0.369. The number of unbranched alkanes of at least 4 members (excludes halogenated alkanes) is 1. The number of nitrogens with zero attached hydrogens (tertiary/aromatic N) is 1. The lowest BCUT2D eigenvalue weighted by Crippen LogP contribution is -3.00. The van der Waals surface area contributed by atoms with E-state index < -0.39 is 0 Å². The van der Waals surface area contributed by atoms with E-state index in [9.17, 15) is 0 Å². The van der Waals surface area contributed by atoms with E-state index in [0.29, 0.717) is 0 Å². The van der Waals surface area contributed by atoms with Gasteiger partial charge in [-0.2, -0.15) is 0 Å². The number of quaternary nitrogens is 1. The molecule has 0 aliphatic carbocycles. The van der Waals surface area contributed by atoms with Crippen molar-refractivity contribution in [3.8, 4) is 0 Å². The van der Waals surface area contributed by atoms with Gasteiger partial charge in [0.2, 0.25) is 0 Å². The lowest BCUT2D eigenvalue weighted by molar-refractivity contribution is -0.890. The summed E-state index contributed by atoms with van der Waals surface area (Å²) in [5.41, 5.74) is 3.94. The topological polar surface area (TPSA) is 0 Å². The Morgan fingerprint density at radius 1 is 1.00 bits per heavy atom. The van der Waals surface area contributed by atoms with E-state index in [1.165, 1.54) is 45.9 Å². The highest BCUT2D eigenvalue weighted by Gasteiger charge is 2.21. The molecule has 0 bridgehead atoms. The number of hydrogen-bond donors (Lipinski definition) is 0. The van der Waals surface area contributed by atoms with E-state index in [1.807, 2.05) is 17.8 Å². The van der Waals surface area contributed by atoms with Gasteiger partial charge in [-0.15, -0.1) is 0 Å². The van der Waals surface area contributed by atoms with E-state index in [1.54, 1.807) is 0 Å². The molecule has 0 amide bonds. The minimum atomic E-state index is 0.